The molecule has 0 spiro atoms. The van der Waals surface area contributed by atoms with E-state index in [1.54, 1.807) is 14.0 Å². The minimum atomic E-state index is -2.64. The van der Waals surface area contributed by atoms with Gasteiger partial charge in [-0.15, -0.1) is 11.3 Å². The second-order valence-electron chi connectivity index (χ2n) is 5.79. The SMILES string of the molecule is COCCN=C1N=C2c3sc4nc(C(F)F)cc(C)c4c3NC(=O)C2S1. The van der Waals surface area contributed by atoms with Gasteiger partial charge in [0.1, 0.15) is 15.8 Å². The first-order valence-corrected chi connectivity index (χ1v) is 9.51. The van der Waals surface area contributed by atoms with Gasteiger partial charge in [-0.1, -0.05) is 11.8 Å². The van der Waals surface area contributed by atoms with Gasteiger partial charge < -0.3 is 10.1 Å². The molecule has 0 radical (unpaired) electrons. The molecule has 1 unspecified atom stereocenters. The number of nitrogens with one attached hydrogen (secondary N) is 1. The minimum absolute atomic E-state index is 0.185. The van der Waals surface area contributed by atoms with Crippen LogP contribution in [0.15, 0.2) is 16.1 Å². The van der Waals surface area contributed by atoms with Crippen LogP contribution < -0.4 is 5.32 Å². The number of nitrogens with zero attached hydrogens (tertiary/aromatic N) is 3. The molecule has 2 aromatic rings. The third kappa shape index (κ3) is 2.81. The summed E-state index contributed by atoms with van der Waals surface area (Å²) in [7, 11) is 1.59. The molecule has 6 nitrogen and oxygen atoms in total. The molecule has 0 aromatic carbocycles. The lowest BCUT2D eigenvalue weighted by Crippen LogP contribution is -2.35. The fourth-order valence-corrected chi connectivity index (χ4v) is 5.19. The zero-order valence-corrected chi connectivity index (χ0v) is 15.5. The van der Waals surface area contributed by atoms with Crippen LogP contribution in [0.2, 0.25) is 0 Å². The Kier molecular flexibility index (Phi) is 4.49. The van der Waals surface area contributed by atoms with Gasteiger partial charge in [0.05, 0.1) is 29.4 Å². The average molecular weight is 396 g/mol. The Bertz CT molecular complexity index is 971. The van der Waals surface area contributed by atoms with Crippen LogP contribution in [0, 0.1) is 6.92 Å². The third-order valence-electron chi connectivity index (χ3n) is 4.05. The molecule has 10 heteroatoms. The zero-order valence-electron chi connectivity index (χ0n) is 13.9. The number of carbonyl (C=O) groups is 1. The van der Waals surface area contributed by atoms with Crippen molar-refractivity contribution in [1.29, 1.82) is 0 Å². The molecule has 4 rings (SSSR count). The van der Waals surface area contributed by atoms with Gasteiger partial charge in [0.15, 0.2) is 5.17 Å². The first-order chi connectivity index (χ1) is 12.5. The summed E-state index contributed by atoms with van der Waals surface area (Å²) in [4.78, 5) is 26.7. The highest BCUT2D eigenvalue weighted by molar-refractivity contribution is 8.16. The highest BCUT2D eigenvalue weighted by Gasteiger charge is 2.41. The van der Waals surface area contributed by atoms with Crippen molar-refractivity contribution in [1.82, 2.24) is 4.98 Å². The van der Waals surface area contributed by atoms with Crippen molar-refractivity contribution in [3.05, 3.63) is 22.2 Å². The number of aryl methyl sites for hydroxylation is 1. The molecule has 2 aliphatic heterocycles. The van der Waals surface area contributed by atoms with Gasteiger partial charge >= 0.3 is 0 Å². The van der Waals surface area contributed by atoms with Gasteiger partial charge in [0.25, 0.3) is 6.43 Å². The van der Waals surface area contributed by atoms with E-state index in [1.807, 2.05) is 0 Å². The summed E-state index contributed by atoms with van der Waals surface area (Å²) in [6, 6.07) is 1.36. The lowest BCUT2D eigenvalue weighted by atomic mass is 10.0. The van der Waals surface area contributed by atoms with Crippen molar-refractivity contribution in [3.8, 4) is 0 Å². The lowest BCUT2D eigenvalue weighted by Gasteiger charge is -2.18. The summed E-state index contributed by atoms with van der Waals surface area (Å²) in [6.45, 7) is 2.67. The Morgan fingerprint density at radius 2 is 2.27 bits per heavy atom. The van der Waals surface area contributed by atoms with E-state index >= 15 is 0 Å². The molecular weight excluding hydrogens is 382 g/mol. The lowest BCUT2D eigenvalue weighted by molar-refractivity contribution is -0.114. The number of carbonyl (C=O) groups excluding carboxylic acids is 1. The number of pyridine rings is 1. The number of alkyl halides is 2. The van der Waals surface area contributed by atoms with E-state index in [9.17, 15) is 13.6 Å². The summed E-state index contributed by atoms with van der Waals surface area (Å²) in [5.41, 5.74) is 1.61. The van der Waals surface area contributed by atoms with E-state index < -0.39 is 11.7 Å². The van der Waals surface area contributed by atoms with Gasteiger partial charge in [-0.05, 0) is 18.6 Å². The van der Waals surface area contributed by atoms with Crippen LogP contribution in [0.1, 0.15) is 22.6 Å². The van der Waals surface area contributed by atoms with Crippen molar-refractivity contribution in [2.24, 2.45) is 9.98 Å². The molecule has 4 heterocycles. The smallest absolute Gasteiger partial charge is 0.280 e. The van der Waals surface area contributed by atoms with Crippen LogP contribution in [-0.2, 0) is 9.53 Å². The van der Waals surface area contributed by atoms with E-state index in [2.05, 4.69) is 20.3 Å². The molecule has 136 valence electrons. The summed E-state index contributed by atoms with van der Waals surface area (Å²) in [5, 5.41) is 3.64. The molecule has 0 bridgehead atoms. The Balaban J connectivity index is 1.83. The number of anilines is 1. The molecule has 0 saturated carbocycles. The summed E-state index contributed by atoms with van der Waals surface area (Å²) in [5.74, 6) is -0.185. The highest BCUT2D eigenvalue weighted by Crippen LogP contribution is 2.44. The Labute approximate surface area is 155 Å². The first kappa shape index (κ1) is 17.5. The average Bonchev–Trinajstić information content (AvgIpc) is 3.17. The number of amidine groups is 1. The number of amides is 1. The van der Waals surface area contributed by atoms with Crippen molar-refractivity contribution < 1.29 is 18.3 Å². The molecule has 1 N–H and O–H groups in total. The van der Waals surface area contributed by atoms with E-state index in [0.29, 0.717) is 45.5 Å². The maximum atomic E-state index is 13.1. The third-order valence-corrected chi connectivity index (χ3v) is 6.26. The Morgan fingerprint density at radius 1 is 1.46 bits per heavy atom. The Hall–Kier alpha value is -1.91. The standard InChI is InChI=1S/C16H14F2N4O2S2/c1-6-5-7(13(17)18)20-15-8(6)9-11(25-15)10-12(14(23)21-9)26-16(22-10)19-3-4-24-2/h5,12-13H,3-4H2,1-2H3,(H,21,23). The van der Waals surface area contributed by atoms with Gasteiger partial charge in [0.2, 0.25) is 5.91 Å². The molecule has 26 heavy (non-hydrogen) atoms. The van der Waals surface area contributed by atoms with Crippen molar-refractivity contribution in [2.75, 3.05) is 25.6 Å². The van der Waals surface area contributed by atoms with Crippen molar-refractivity contribution >= 4 is 55.8 Å². The zero-order chi connectivity index (χ0) is 18.4. The molecule has 2 aliphatic rings. The number of aromatic nitrogens is 1. The maximum absolute atomic E-state index is 13.1. The second kappa shape index (κ2) is 6.67. The van der Waals surface area contributed by atoms with Crippen molar-refractivity contribution in [2.45, 2.75) is 18.6 Å². The summed E-state index contributed by atoms with van der Waals surface area (Å²) in [6.07, 6.45) is -2.64. The number of halogens is 2. The quantitative estimate of drug-likeness (QED) is 0.804. The van der Waals surface area contributed by atoms with Crippen LogP contribution in [0.3, 0.4) is 0 Å². The molecular formula is C16H14F2N4O2S2. The fourth-order valence-electron chi connectivity index (χ4n) is 2.91. The summed E-state index contributed by atoms with van der Waals surface area (Å²) < 4.78 is 31.1. The van der Waals surface area contributed by atoms with Crippen LogP contribution in [0.5, 0.6) is 0 Å². The number of methoxy groups -OCH3 is 1. The van der Waals surface area contributed by atoms with Crippen LogP contribution in [-0.4, -0.2) is 47.3 Å². The van der Waals surface area contributed by atoms with E-state index in [-0.39, 0.29) is 11.6 Å². The van der Waals surface area contributed by atoms with Gasteiger partial charge in [-0.3, -0.25) is 9.79 Å². The second-order valence-corrected chi connectivity index (χ2v) is 7.86. The fraction of sp³-hybridized carbons (Fsp3) is 0.375. The number of rotatable bonds is 4. The predicted molar refractivity (Wildman–Crippen MR) is 100 cm³/mol. The Morgan fingerprint density at radius 3 is 3.00 bits per heavy atom. The number of thioether (sulfide) groups is 1. The number of thiophene rings is 1. The predicted octanol–water partition coefficient (Wildman–Crippen LogP) is 3.40. The minimum Gasteiger partial charge on any atom is -0.383 e. The monoisotopic (exact) mass is 396 g/mol. The molecule has 2 aromatic heterocycles. The number of ether oxygens (including phenoxy) is 1. The summed E-state index contributed by atoms with van der Waals surface area (Å²) >= 11 is 2.56. The molecule has 1 amide bonds. The number of aliphatic imine (C=N–C) groups is 2. The van der Waals surface area contributed by atoms with Crippen LogP contribution in [0.25, 0.3) is 10.2 Å². The maximum Gasteiger partial charge on any atom is 0.280 e. The van der Waals surface area contributed by atoms with Gasteiger partial charge in [-0.25, -0.2) is 18.8 Å². The number of hydrogen-bond acceptors (Lipinski definition) is 6. The number of fused-ring (bicyclic) bond motifs is 5. The molecule has 0 saturated heterocycles. The van der Waals surface area contributed by atoms with Gasteiger partial charge in [0, 0.05) is 12.5 Å². The number of hydrogen-bond donors (Lipinski definition) is 1. The van der Waals surface area contributed by atoms with Crippen LogP contribution >= 0.6 is 23.1 Å². The topological polar surface area (TPSA) is 75.9 Å². The molecule has 0 aliphatic carbocycles. The molecule has 1 atom stereocenters. The van der Waals surface area contributed by atoms with Gasteiger partial charge in [-0.2, -0.15) is 0 Å². The molecule has 0 fully saturated rings. The normalized spacial score (nSPS) is 20.5. The highest BCUT2D eigenvalue weighted by atomic mass is 32.2. The van der Waals surface area contributed by atoms with E-state index in [1.165, 1.54) is 29.2 Å². The first-order valence-electron chi connectivity index (χ1n) is 7.81. The largest absolute Gasteiger partial charge is 0.383 e. The van der Waals surface area contributed by atoms with Crippen LogP contribution in [0.4, 0.5) is 14.5 Å². The van der Waals surface area contributed by atoms with Crippen molar-refractivity contribution in [3.63, 3.8) is 0 Å². The van der Waals surface area contributed by atoms with E-state index in [0.717, 1.165) is 4.88 Å². The van der Waals surface area contributed by atoms with E-state index in [4.69, 9.17) is 4.74 Å².